The minimum atomic E-state index is 0.110. The molecule has 1 amide bonds. The van der Waals surface area contributed by atoms with Gasteiger partial charge in [-0.05, 0) is 50.7 Å². The van der Waals surface area contributed by atoms with Crippen molar-refractivity contribution in [1.82, 2.24) is 9.88 Å². The number of aromatic nitrogens is 1. The van der Waals surface area contributed by atoms with Crippen molar-refractivity contribution in [3.63, 3.8) is 0 Å². The average molecular weight is 315 g/mol. The lowest BCUT2D eigenvalue weighted by Gasteiger charge is -2.35. The number of hydrogen-bond donors (Lipinski definition) is 0. The number of rotatable bonds is 3. The lowest BCUT2D eigenvalue weighted by atomic mass is 9.99. The SMILES string of the molecule is CCC1CCCCN1C(=O)c1ccc(N2CCCCCC2)cn1. The van der Waals surface area contributed by atoms with Crippen molar-refractivity contribution in [1.29, 1.82) is 0 Å². The van der Waals surface area contributed by atoms with E-state index >= 15 is 0 Å². The Morgan fingerprint density at radius 3 is 2.48 bits per heavy atom. The highest BCUT2D eigenvalue weighted by atomic mass is 16.2. The first-order valence-electron chi connectivity index (χ1n) is 9.31. The molecule has 0 aromatic carbocycles. The maximum atomic E-state index is 12.8. The van der Waals surface area contributed by atoms with E-state index in [-0.39, 0.29) is 5.91 Å². The van der Waals surface area contributed by atoms with Gasteiger partial charge in [0.15, 0.2) is 0 Å². The molecule has 1 atom stereocenters. The van der Waals surface area contributed by atoms with Crippen molar-refractivity contribution in [3.05, 3.63) is 24.0 Å². The van der Waals surface area contributed by atoms with Crippen LogP contribution in [0.1, 0.15) is 68.8 Å². The Hall–Kier alpha value is -1.58. The Labute approximate surface area is 139 Å². The van der Waals surface area contributed by atoms with Gasteiger partial charge in [0, 0.05) is 25.7 Å². The van der Waals surface area contributed by atoms with E-state index in [1.54, 1.807) is 0 Å². The topological polar surface area (TPSA) is 36.4 Å². The number of amides is 1. The Morgan fingerprint density at radius 1 is 1.09 bits per heavy atom. The third-order valence-electron chi connectivity index (χ3n) is 5.30. The van der Waals surface area contributed by atoms with Gasteiger partial charge in [-0.15, -0.1) is 0 Å². The summed E-state index contributed by atoms with van der Waals surface area (Å²) in [5.74, 6) is 0.110. The highest BCUT2D eigenvalue weighted by molar-refractivity contribution is 5.92. The van der Waals surface area contributed by atoms with E-state index in [2.05, 4.69) is 22.9 Å². The number of hydrogen-bond acceptors (Lipinski definition) is 3. The third-order valence-corrected chi connectivity index (χ3v) is 5.30. The van der Waals surface area contributed by atoms with Crippen LogP contribution in [0.25, 0.3) is 0 Å². The lowest BCUT2D eigenvalue weighted by Crippen LogP contribution is -2.43. The van der Waals surface area contributed by atoms with Crippen molar-refractivity contribution in [3.8, 4) is 0 Å². The fourth-order valence-electron chi connectivity index (χ4n) is 3.87. The monoisotopic (exact) mass is 315 g/mol. The third kappa shape index (κ3) is 3.85. The van der Waals surface area contributed by atoms with Crippen molar-refractivity contribution in [2.24, 2.45) is 0 Å². The Kier molecular flexibility index (Phi) is 5.52. The smallest absolute Gasteiger partial charge is 0.272 e. The van der Waals surface area contributed by atoms with Gasteiger partial charge in [0.2, 0.25) is 0 Å². The van der Waals surface area contributed by atoms with E-state index in [9.17, 15) is 4.79 Å². The molecule has 23 heavy (non-hydrogen) atoms. The molecule has 1 aromatic rings. The standard InChI is InChI=1S/C19H29N3O/c1-2-16-9-5-8-14-22(16)19(23)18-11-10-17(15-20-18)21-12-6-3-4-7-13-21/h10-11,15-16H,2-9,12-14H2,1H3. The van der Waals surface area contributed by atoms with Gasteiger partial charge >= 0.3 is 0 Å². The van der Waals surface area contributed by atoms with Gasteiger partial charge in [0.05, 0.1) is 11.9 Å². The molecule has 0 saturated carbocycles. The summed E-state index contributed by atoms with van der Waals surface area (Å²) in [6.45, 7) is 5.27. The summed E-state index contributed by atoms with van der Waals surface area (Å²) in [5, 5.41) is 0. The first kappa shape index (κ1) is 16.3. The minimum Gasteiger partial charge on any atom is -0.370 e. The van der Waals surface area contributed by atoms with E-state index < -0.39 is 0 Å². The van der Waals surface area contributed by atoms with Crippen LogP contribution in [0.15, 0.2) is 18.3 Å². The lowest BCUT2D eigenvalue weighted by molar-refractivity contribution is 0.0602. The molecule has 0 radical (unpaired) electrons. The van der Waals surface area contributed by atoms with Crippen molar-refractivity contribution < 1.29 is 4.79 Å². The second kappa shape index (κ2) is 7.80. The van der Waals surface area contributed by atoms with Crippen LogP contribution >= 0.6 is 0 Å². The van der Waals surface area contributed by atoms with Crippen LogP contribution in [-0.2, 0) is 0 Å². The molecule has 2 aliphatic rings. The number of piperidine rings is 1. The molecule has 126 valence electrons. The summed E-state index contributed by atoms with van der Waals surface area (Å²) < 4.78 is 0. The number of likely N-dealkylation sites (tertiary alicyclic amines) is 1. The van der Waals surface area contributed by atoms with E-state index in [0.29, 0.717) is 11.7 Å². The zero-order valence-corrected chi connectivity index (χ0v) is 14.3. The van der Waals surface area contributed by atoms with Crippen LogP contribution in [0.2, 0.25) is 0 Å². The van der Waals surface area contributed by atoms with Crippen molar-refractivity contribution in [2.45, 2.75) is 64.3 Å². The second-order valence-corrected chi connectivity index (χ2v) is 6.86. The summed E-state index contributed by atoms with van der Waals surface area (Å²) in [6, 6.07) is 4.39. The van der Waals surface area contributed by atoms with Crippen molar-refractivity contribution in [2.75, 3.05) is 24.5 Å². The van der Waals surface area contributed by atoms with Gasteiger partial charge in [-0.2, -0.15) is 0 Å². The molecule has 0 N–H and O–H groups in total. The molecule has 1 aromatic heterocycles. The predicted molar refractivity (Wildman–Crippen MR) is 93.9 cm³/mol. The Morgan fingerprint density at radius 2 is 1.83 bits per heavy atom. The number of nitrogens with zero attached hydrogens (tertiary/aromatic N) is 3. The molecule has 0 spiro atoms. The normalized spacial score (nSPS) is 22.7. The van der Waals surface area contributed by atoms with E-state index in [1.165, 1.54) is 32.1 Å². The Bertz CT molecular complexity index is 506. The zero-order valence-electron chi connectivity index (χ0n) is 14.3. The van der Waals surface area contributed by atoms with Gasteiger partial charge in [-0.3, -0.25) is 4.79 Å². The highest BCUT2D eigenvalue weighted by Gasteiger charge is 2.26. The molecule has 3 heterocycles. The molecule has 4 nitrogen and oxygen atoms in total. The maximum Gasteiger partial charge on any atom is 0.272 e. The quantitative estimate of drug-likeness (QED) is 0.849. The van der Waals surface area contributed by atoms with Gasteiger partial charge in [-0.25, -0.2) is 4.98 Å². The second-order valence-electron chi connectivity index (χ2n) is 6.86. The van der Waals surface area contributed by atoms with Crippen LogP contribution in [0.3, 0.4) is 0 Å². The molecule has 4 heteroatoms. The number of pyridine rings is 1. The molecule has 3 rings (SSSR count). The molecule has 2 saturated heterocycles. The molecule has 0 aliphatic carbocycles. The van der Waals surface area contributed by atoms with Gasteiger partial charge in [0.25, 0.3) is 5.91 Å². The molecule has 0 bridgehead atoms. The summed E-state index contributed by atoms with van der Waals surface area (Å²) in [4.78, 5) is 21.7. The van der Waals surface area contributed by atoms with Crippen LogP contribution in [-0.4, -0.2) is 41.5 Å². The molecule has 1 unspecified atom stereocenters. The minimum absolute atomic E-state index is 0.110. The Balaban J connectivity index is 1.69. The van der Waals surface area contributed by atoms with Crippen LogP contribution < -0.4 is 4.90 Å². The van der Waals surface area contributed by atoms with Crippen LogP contribution in [0, 0.1) is 0 Å². The molecule has 2 aliphatic heterocycles. The zero-order chi connectivity index (χ0) is 16.1. The number of carbonyl (C=O) groups excluding carboxylic acids is 1. The fraction of sp³-hybridized carbons (Fsp3) is 0.684. The number of carbonyl (C=O) groups is 1. The number of anilines is 1. The first-order valence-corrected chi connectivity index (χ1v) is 9.31. The van der Waals surface area contributed by atoms with Crippen LogP contribution in [0.5, 0.6) is 0 Å². The summed E-state index contributed by atoms with van der Waals surface area (Å²) >= 11 is 0. The largest absolute Gasteiger partial charge is 0.370 e. The van der Waals surface area contributed by atoms with Gasteiger partial charge < -0.3 is 9.80 Å². The summed E-state index contributed by atoms with van der Waals surface area (Å²) in [5.41, 5.74) is 1.76. The summed E-state index contributed by atoms with van der Waals surface area (Å²) in [7, 11) is 0. The van der Waals surface area contributed by atoms with Gasteiger partial charge in [-0.1, -0.05) is 19.8 Å². The molecular formula is C19H29N3O. The average Bonchev–Trinajstić information content (AvgIpc) is 2.90. The van der Waals surface area contributed by atoms with E-state index in [0.717, 1.165) is 44.6 Å². The first-order chi connectivity index (χ1) is 11.3. The summed E-state index contributed by atoms with van der Waals surface area (Å²) in [6.07, 6.45) is 11.6. The molecule has 2 fully saturated rings. The van der Waals surface area contributed by atoms with Crippen molar-refractivity contribution >= 4 is 11.6 Å². The predicted octanol–water partition coefficient (Wildman–Crippen LogP) is 3.87. The van der Waals surface area contributed by atoms with E-state index in [1.807, 2.05) is 17.2 Å². The molecular weight excluding hydrogens is 286 g/mol. The van der Waals surface area contributed by atoms with Crippen LogP contribution in [0.4, 0.5) is 5.69 Å². The maximum absolute atomic E-state index is 12.8. The fourth-order valence-corrected chi connectivity index (χ4v) is 3.87. The highest BCUT2D eigenvalue weighted by Crippen LogP contribution is 2.23. The van der Waals surface area contributed by atoms with E-state index in [4.69, 9.17) is 0 Å². The van der Waals surface area contributed by atoms with Gasteiger partial charge in [0.1, 0.15) is 5.69 Å².